The van der Waals surface area contributed by atoms with Crippen molar-refractivity contribution < 1.29 is 9.47 Å². The van der Waals surface area contributed by atoms with Crippen LogP contribution in [-0.2, 0) is 9.47 Å². The molecule has 2 nitrogen and oxygen atoms in total. The summed E-state index contributed by atoms with van der Waals surface area (Å²) in [6.45, 7) is 2.66. The Morgan fingerprint density at radius 2 is 1.94 bits per heavy atom. The predicted octanol–water partition coefficient (Wildman–Crippen LogP) is 3.94. The van der Waals surface area contributed by atoms with Crippen LogP contribution in [0, 0.1) is 5.92 Å². The number of thioether (sulfide) groups is 1. The standard InChI is InChI=1S/C13H17BrO2S/c14-12-1-3-13(4-2-12)17-10-16-9-11-5-7-15-8-6-11/h1-4,11H,5-10H2. The van der Waals surface area contributed by atoms with Crippen LogP contribution < -0.4 is 0 Å². The van der Waals surface area contributed by atoms with Crippen molar-refractivity contribution in [2.24, 2.45) is 5.92 Å². The second-order valence-electron chi connectivity index (χ2n) is 4.14. The first-order valence-electron chi connectivity index (χ1n) is 5.88. The van der Waals surface area contributed by atoms with Crippen LogP contribution in [0.5, 0.6) is 0 Å². The highest BCUT2D eigenvalue weighted by molar-refractivity contribution is 9.10. The Labute approximate surface area is 115 Å². The minimum Gasteiger partial charge on any atom is -0.381 e. The largest absolute Gasteiger partial charge is 0.381 e. The zero-order valence-corrected chi connectivity index (χ0v) is 12.1. The van der Waals surface area contributed by atoms with Crippen molar-refractivity contribution in [1.29, 1.82) is 0 Å². The Morgan fingerprint density at radius 1 is 1.24 bits per heavy atom. The molecule has 0 aliphatic carbocycles. The summed E-state index contributed by atoms with van der Waals surface area (Å²) in [5, 5.41) is 0. The van der Waals surface area contributed by atoms with Crippen LogP contribution in [0.25, 0.3) is 0 Å². The second kappa shape index (κ2) is 7.41. The number of rotatable bonds is 5. The molecule has 1 aromatic carbocycles. The van der Waals surface area contributed by atoms with Gasteiger partial charge in [0, 0.05) is 22.6 Å². The summed E-state index contributed by atoms with van der Waals surface area (Å²) in [6, 6.07) is 8.32. The van der Waals surface area contributed by atoms with E-state index in [4.69, 9.17) is 9.47 Å². The first kappa shape index (κ1) is 13.4. The van der Waals surface area contributed by atoms with Crippen LogP contribution in [0.3, 0.4) is 0 Å². The van der Waals surface area contributed by atoms with E-state index >= 15 is 0 Å². The first-order valence-corrected chi connectivity index (χ1v) is 7.66. The molecule has 1 aliphatic heterocycles. The fourth-order valence-corrected chi connectivity index (χ4v) is 2.68. The third-order valence-electron chi connectivity index (χ3n) is 2.82. The number of benzene rings is 1. The minimum atomic E-state index is 0.689. The summed E-state index contributed by atoms with van der Waals surface area (Å²) < 4.78 is 12.1. The predicted molar refractivity (Wildman–Crippen MR) is 74.4 cm³/mol. The van der Waals surface area contributed by atoms with Crippen molar-refractivity contribution in [3.05, 3.63) is 28.7 Å². The summed E-state index contributed by atoms with van der Waals surface area (Å²) >= 11 is 5.17. The molecule has 1 fully saturated rings. The van der Waals surface area contributed by atoms with Crippen molar-refractivity contribution in [3.8, 4) is 0 Å². The smallest absolute Gasteiger partial charge is 0.0967 e. The quantitative estimate of drug-likeness (QED) is 0.465. The molecule has 0 N–H and O–H groups in total. The van der Waals surface area contributed by atoms with E-state index in [-0.39, 0.29) is 0 Å². The van der Waals surface area contributed by atoms with Gasteiger partial charge < -0.3 is 9.47 Å². The van der Waals surface area contributed by atoms with Crippen molar-refractivity contribution in [2.45, 2.75) is 17.7 Å². The molecule has 1 saturated heterocycles. The van der Waals surface area contributed by atoms with Crippen molar-refractivity contribution in [2.75, 3.05) is 25.8 Å². The third kappa shape index (κ3) is 5.00. The topological polar surface area (TPSA) is 18.5 Å². The summed E-state index contributed by atoms with van der Waals surface area (Å²) in [6.07, 6.45) is 2.28. The third-order valence-corrected chi connectivity index (χ3v) is 4.24. The zero-order chi connectivity index (χ0) is 11.9. The average molecular weight is 317 g/mol. The number of ether oxygens (including phenoxy) is 2. The Hall–Kier alpha value is -0.0300. The molecule has 0 radical (unpaired) electrons. The number of hydrogen-bond donors (Lipinski definition) is 0. The molecule has 17 heavy (non-hydrogen) atoms. The van der Waals surface area contributed by atoms with Crippen LogP contribution in [0.2, 0.25) is 0 Å². The summed E-state index contributed by atoms with van der Waals surface area (Å²) in [5.41, 5.74) is 0. The van der Waals surface area contributed by atoms with Crippen LogP contribution in [0.1, 0.15) is 12.8 Å². The van der Waals surface area contributed by atoms with Gasteiger partial charge in [-0.05, 0) is 43.0 Å². The zero-order valence-electron chi connectivity index (χ0n) is 9.73. The Kier molecular flexibility index (Phi) is 5.85. The summed E-state index contributed by atoms with van der Waals surface area (Å²) in [5.74, 6) is 1.42. The highest BCUT2D eigenvalue weighted by Gasteiger charge is 2.13. The van der Waals surface area contributed by atoms with E-state index in [1.165, 1.54) is 4.90 Å². The molecular formula is C13H17BrO2S. The van der Waals surface area contributed by atoms with Gasteiger partial charge in [-0.25, -0.2) is 0 Å². The van der Waals surface area contributed by atoms with Crippen molar-refractivity contribution >= 4 is 27.7 Å². The van der Waals surface area contributed by atoms with E-state index in [0.29, 0.717) is 5.92 Å². The molecule has 0 amide bonds. The molecular weight excluding hydrogens is 300 g/mol. The molecule has 0 saturated carbocycles. The molecule has 1 aliphatic rings. The van der Waals surface area contributed by atoms with E-state index in [2.05, 4.69) is 40.2 Å². The van der Waals surface area contributed by atoms with Gasteiger partial charge in [-0.3, -0.25) is 0 Å². The Morgan fingerprint density at radius 3 is 2.65 bits per heavy atom. The van der Waals surface area contributed by atoms with E-state index in [1.807, 2.05) is 0 Å². The summed E-state index contributed by atoms with van der Waals surface area (Å²) in [7, 11) is 0. The molecule has 1 aromatic rings. The van der Waals surface area contributed by atoms with Crippen molar-refractivity contribution in [3.63, 3.8) is 0 Å². The number of halogens is 1. The molecule has 0 atom stereocenters. The lowest BCUT2D eigenvalue weighted by Crippen LogP contribution is -2.20. The van der Waals surface area contributed by atoms with Crippen LogP contribution >= 0.6 is 27.7 Å². The van der Waals surface area contributed by atoms with E-state index in [0.717, 1.165) is 43.1 Å². The summed E-state index contributed by atoms with van der Waals surface area (Å²) in [4.78, 5) is 1.25. The molecule has 0 spiro atoms. The normalized spacial score (nSPS) is 17.2. The lowest BCUT2D eigenvalue weighted by molar-refractivity contribution is 0.0314. The SMILES string of the molecule is Brc1ccc(SCOCC2CCOCC2)cc1. The highest BCUT2D eigenvalue weighted by Crippen LogP contribution is 2.21. The van der Waals surface area contributed by atoms with E-state index < -0.39 is 0 Å². The average Bonchev–Trinajstić information content (AvgIpc) is 2.38. The molecule has 0 unspecified atom stereocenters. The van der Waals surface area contributed by atoms with E-state index in [1.54, 1.807) is 11.8 Å². The van der Waals surface area contributed by atoms with Crippen LogP contribution in [0.15, 0.2) is 33.6 Å². The molecule has 1 heterocycles. The van der Waals surface area contributed by atoms with Gasteiger partial charge in [-0.15, -0.1) is 0 Å². The minimum absolute atomic E-state index is 0.689. The van der Waals surface area contributed by atoms with Gasteiger partial charge in [0.25, 0.3) is 0 Å². The maximum Gasteiger partial charge on any atom is 0.0967 e. The molecule has 0 aromatic heterocycles. The first-order chi connectivity index (χ1) is 8.34. The highest BCUT2D eigenvalue weighted by atomic mass is 79.9. The maximum absolute atomic E-state index is 5.70. The van der Waals surface area contributed by atoms with Gasteiger partial charge >= 0.3 is 0 Å². The Bertz CT molecular complexity index is 323. The lowest BCUT2D eigenvalue weighted by Gasteiger charge is -2.21. The molecule has 4 heteroatoms. The molecule has 0 bridgehead atoms. The van der Waals surface area contributed by atoms with Gasteiger partial charge in [-0.2, -0.15) is 0 Å². The van der Waals surface area contributed by atoms with Crippen LogP contribution in [0.4, 0.5) is 0 Å². The molecule has 2 rings (SSSR count). The molecule has 94 valence electrons. The van der Waals surface area contributed by atoms with Gasteiger partial charge in [0.1, 0.15) is 0 Å². The van der Waals surface area contributed by atoms with Crippen LogP contribution in [-0.4, -0.2) is 25.8 Å². The van der Waals surface area contributed by atoms with Gasteiger partial charge in [-0.1, -0.05) is 27.7 Å². The van der Waals surface area contributed by atoms with Crippen molar-refractivity contribution in [1.82, 2.24) is 0 Å². The van der Waals surface area contributed by atoms with Gasteiger partial charge in [0.2, 0.25) is 0 Å². The lowest BCUT2D eigenvalue weighted by atomic mass is 10.0. The van der Waals surface area contributed by atoms with Gasteiger partial charge in [0.05, 0.1) is 12.5 Å². The monoisotopic (exact) mass is 316 g/mol. The Balaban J connectivity index is 1.60. The number of hydrogen-bond acceptors (Lipinski definition) is 3. The fourth-order valence-electron chi connectivity index (χ4n) is 1.77. The van der Waals surface area contributed by atoms with Gasteiger partial charge in [0.15, 0.2) is 0 Å². The second-order valence-corrected chi connectivity index (χ2v) is 6.05. The maximum atomic E-state index is 5.70. The van der Waals surface area contributed by atoms with E-state index in [9.17, 15) is 0 Å². The fraction of sp³-hybridized carbons (Fsp3) is 0.538.